The summed E-state index contributed by atoms with van der Waals surface area (Å²) in [5.41, 5.74) is 3.15. The molecule has 0 radical (unpaired) electrons. The number of ether oxygens (including phenoxy) is 2. The average molecular weight is 643 g/mol. The average Bonchev–Trinajstić information content (AvgIpc) is 3.59. The summed E-state index contributed by atoms with van der Waals surface area (Å²) in [6.07, 6.45) is 4.64. The van der Waals surface area contributed by atoms with E-state index in [2.05, 4.69) is 58.7 Å². The lowest BCUT2D eigenvalue weighted by molar-refractivity contribution is -0.383. The van der Waals surface area contributed by atoms with E-state index in [1.165, 1.54) is 11.6 Å². The van der Waals surface area contributed by atoms with Gasteiger partial charge in [-0.05, 0) is 47.3 Å². The van der Waals surface area contributed by atoms with Crippen LogP contribution in [-0.2, 0) is 13.0 Å². The molecule has 0 unspecified atom stereocenters. The Hall–Kier alpha value is -5.73. The van der Waals surface area contributed by atoms with E-state index in [1.807, 2.05) is 36.4 Å². The number of benzene rings is 3. The zero-order valence-corrected chi connectivity index (χ0v) is 26.4. The van der Waals surface area contributed by atoms with Crippen LogP contribution in [0.15, 0.2) is 65.3 Å². The first-order chi connectivity index (χ1) is 23.1. The molecule has 4 N–H and O–H groups in total. The van der Waals surface area contributed by atoms with Crippen LogP contribution in [0, 0.1) is 10.1 Å². The van der Waals surface area contributed by atoms with E-state index in [1.54, 1.807) is 20.3 Å². The van der Waals surface area contributed by atoms with E-state index in [4.69, 9.17) is 14.1 Å². The summed E-state index contributed by atoms with van der Waals surface area (Å²) in [6.45, 7) is 2.48. The van der Waals surface area contributed by atoms with Gasteiger partial charge in [0.25, 0.3) is 0 Å². The third kappa shape index (κ3) is 8.93. The summed E-state index contributed by atoms with van der Waals surface area (Å²) in [5, 5.41) is 31.9. The van der Waals surface area contributed by atoms with E-state index < -0.39 is 4.92 Å². The lowest BCUT2D eigenvalue weighted by atomic mass is 10.1. The van der Waals surface area contributed by atoms with Gasteiger partial charge in [-0.1, -0.05) is 55.3 Å². The van der Waals surface area contributed by atoms with Gasteiger partial charge >= 0.3 is 5.69 Å². The first kappa shape index (κ1) is 32.7. The Labute approximate surface area is 271 Å². The van der Waals surface area contributed by atoms with Crippen LogP contribution < -0.4 is 30.7 Å². The summed E-state index contributed by atoms with van der Waals surface area (Å²) in [7, 11) is 3.23. The summed E-state index contributed by atoms with van der Waals surface area (Å²) >= 11 is 0. The normalized spacial score (nSPS) is 10.9. The van der Waals surface area contributed by atoms with Crippen molar-refractivity contribution in [3.63, 3.8) is 0 Å². The van der Waals surface area contributed by atoms with Crippen LogP contribution in [0.25, 0.3) is 11.0 Å². The molecule has 0 saturated heterocycles. The Morgan fingerprint density at radius 2 is 1.40 bits per heavy atom. The van der Waals surface area contributed by atoms with E-state index in [0.717, 1.165) is 37.7 Å². The number of nitrogens with zero attached hydrogens (tertiary/aromatic N) is 6. The number of nitro benzene ring substituents is 1. The van der Waals surface area contributed by atoms with Crippen LogP contribution in [0.2, 0.25) is 0 Å². The van der Waals surface area contributed by atoms with Gasteiger partial charge in [0, 0.05) is 37.8 Å². The maximum atomic E-state index is 11.2. The second-order valence-corrected chi connectivity index (χ2v) is 10.6. The predicted octanol–water partition coefficient (Wildman–Crippen LogP) is 5.68. The Morgan fingerprint density at radius 3 is 2.11 bits per heavy atom. The van der Waals surface area contributed by atoms with Crippen molar-refractivity contribution in [1.29, 1.82) is 0 Å². The summed E-state index contributed by atoms with van der Waals surface area (Å²) in [6, 6.07) is 19.0. The predicted molar refractivity (Wildman–Crippen MR) is 179 cm³/mol. The Morgan fingerprint density at radius 1 is 0.723 bits per heavy atom. The number of methoxy groups -OCH3 is 2. The number of non-ortho nitro benzene ring substituents is 1. The Bertz CT molecular complexity index is 1750. The molecular weight excluding hydrogens is 604 g/mol. The molecule has 0 aliphatic rings. The van der Waals surface area contributed by atoms with Crippen molar-refractivity contribution in [1.82, 2.24) is 25.3 Å². The van der Waals surface area contributed by atoms with Crippen molar-refractivity contribution >= 4 is 40.3 Å². The van der Waals surface area contributed by atoms with Gasteiger partial charge in [-0.15, -0.1) is 0 Å². The molecule has 246 valence electrons. The van der Waals surface area contributed by atoms with Crippen LogP contribution in [0.4, 0.5) is 29.2 Å². The minimum absolute atomic E-state index is 0.132. The monoisotopic (exact) mass is 642 g/mol. The molecule has 0 bridgehead atoms. The molecule has 2 aromatic heterocycles. The maximum absolute atomic E-state index is 11.2. The fourth-order valence-electron chi connectivity index (χ4n) is 5.01. The van der Waals surface area contributed by atoms with Gasteiger partial charge in [-0.3, -0.25) is 10.1 Å². The van der Waals surface area contributed by atoms with Crippen LogP contribution >= 0.6 is 0 Å². The molecule has 0 amide bonds. The molecule has 0 aliphatic heterocycles. The smallest absolute Gasteiger partial charge is 0.300 e. The number of hydrogen-bond donors (Lipinski definition) is 4. The van der Waals surface area contributed by atoms with Gasteiger partial charge < -0.3 is 30.7 Å². The zero-order chi connectivity index (χ0) is 32.8. The SMILES string of the molecule is COc1cccc(CNc2nc(NCCCCCCNc3ccc([N+](=O)[O-])c4nonc34)nc(NCCc3ccccc3)n2)c1OC. The van der Waals surface area contributed by atoms with Crippen molar-refractivity contribution in [3.05, 3.63) is 81.9 Å². The fraction of sp³-hybridized carbons (Fsp3) is 0.344. The number of fused-ring (bicyclic) bond motifs is 1. The van der Waals surface area contributed by atoms with E-state index in [-0.39, 0.29) is 11.2 Å². The number of anilines is 4. The molecule has 5 rings (SSSR count). The second-order valence-electron chi connectivity index (χ2n) is 10.6. The van der Waals surface area contributed by atoms with Gasteiger partial charge in [0.15, 0.2) is 17.0 Å². The zero-order valence-electron chi connectivity index (χ0n) is 26.4. The maximum Gasteiger partial charge on any atom is 0.300 e. The molecule has 0 atom stereocenters. The number of aromatic nitrogens is 5. The third-order valence-corrected chi connectivity index (χ3v) is 7.39. The molecule has 0 spiro atoms. The van der Waals surface area contributed by atoms with Gasteiger partial charge in [0.2, 0.25) is 23.4 Å². The number of unbranched alkanes of at least 4 members (excludes halogenated alkanes) is 3. The Balaban J connectivity index is 1.12. The molecule has 15 heteroatoms. The quantitative estimate of drug-likeness (QED) is 0.0489. The molecule has 0 fully saturated rings. The van der Waals surface area contributed by atoms with E-state index in [9.17, 15) is 10.1 Å². The number of para-hydroxylation sites is 1. The molecule has 2 heterocycles. The molecule has 47 heavy (non-hydrogen) atoms. The minimum Gasteiger partial charge on any atom is -0.493 e. The molecular formula is C32H38N10O5. The van der Waals surface area contributed by atoms with Crippen LogP contribution in [0.1, 0.15) is 36.8 Å². The van der Waals surface area contributed by atoms with Gasteiger partial charge in [0.05, 0.1) is 24.8 Å². The summed E-state index contributed by atoms with van der Waals surface area (Å²) in [5.74, 6) is 2.70. The van der Waals surface area contributed by atoms with Crippen molar-refractivity contribution in [2.45, 2.75) is 38.6 Å². The van der Waals surface area contributed by atoms with E-state index in [0.29, 0.717) is 66.7 Å². The highest BCUT2D eigenvalue weighted by Gasteiger charge is 2.19. The van der Waals surface area contributed by atoms with E-state index >= 15 is 0 Å². The molecule has 0 aliphatic carbocycles. The highest BCUT2D eigenvalue weighted by molar-refractivity contribution is 5.93. The molecule has 15 nitrogen and oxygen atoms in total. The number of nitro groups is 1. The minimum atomic E-state index is -0.498. The van der Waals surface area contributed by atoms with Crippen LogP contribution in [0.3, 0.4) is 0 Å². The third-order valence-electron chi connectivity index (χ3n) is 7.39. The summed E-state index contributed by atoms with van der Waals surface area (Å²) < 4.78 is 15.7. The van der Waals surface area contributed by atoms with Crippen molar-refractivity contribution < 1.29 is 19.0 Å². The second kappa shape index (κ2) is 16.5. The number of rotatable bonds is 19. The standard InChI is InChI=1S/C32H38N10O5/c1-45-26-14-10-13-23(29(26)46-2)21-36-32-38-30(37-31(39-32)35-20-17-22-11-6-5-7-12-22)34-19-9-4-3-8-18-33-24-15-16-25(42(43)44)28-27(24)40-47-41-28/h5-7,10-16,33H,3-4,8-9,17-21H2,1-2H3,(H3,34,35,36,37,38,39). The molecule has 5 aromatic rings. The van der Waals surface area contributed by atoms with Crippen LogP contribution in [-0.4, -0.2) is 64.0 Å². The van der Waals surface area contributed by atoms with Crippen molar-refractivity contribution in [2.75, 3.05) is 55.1 Å². The number of nitrogens with one attached hydrogen (secondary N) is 4. The van der Waals surface area contributed by atoms with Crippen molar-refractivity contribution in [3.8, 4) is 11.5 Å². The molecule has 3 aromatic carbocycles. The lowest BCUT2D eigenvalue weighted by Crippen LogP contribution is -2.14. The fourth-order valence-corrected chi connectivity index (χ4v) is 5.01. The van der Waals surface area contributed by atoms with Gasteiger partial charge in [-0.25, -0.2) is 4.63 Å². The topological polar surface area (TPSA) is 187 Å². The number of hydrogen-bond acceptors (Lipinski definition) is 14. The highest BCUT2D eigenvalue weighted by atomic mass is 16.6. The van der Waals surface area contributed by atoms with Gasteiger partial charge in [-0.2, -0.15) is 15.0 Å². The Kier molecular flexibility index (Phi) is 11.5. The highest BCUT2D eigenvalue weighted by Crippen LogP contribution is 2.31. The largest absolute Gasteiger partial charge is 0.493 e. The first-order valence-corrected chi connectivity index (χ1v) is 15.4. The molecule has 0 saturated carbocycles. The summed E-state index contributed by atoms with van der Waals surface area (Å²) in [4.78, 5) is 24.5. The lowest BCUT2D eigenvalue weighted by Gasteiger charge is -2.14. The van der Waals surface area contributed by atoms with Gasteiger partial charge in [0.1, 0.15) is 0 Å². The van der Waals surface area contributed by atoms with Crippen LogP contribution in [0.5, 0.6) is 11.5 Å². The first-order valence-electron chi connectivity index (χ1n) is 15.4. The van der Waals surface area contributed by atoms with Crippen molar-refractivity contribution in [2.24, 2.45) is 0 Å².